The van der Waals surface area contributed by atoms with Crippen molar-refractivity contribution in [2.45, 2.75) is 31.1 Å². The van der Waals surface area contributed by atoms with Gasteiger partial charge in [-0.15, -0.1) is 0 Å². The van der Waals surface area contributed by atoms with Crippen molar-refractivity contribution in [2.24, 2.45) is 11.8 Å². The van der Waals surface area contributed by atoms with Crippen LogP contribution in [0.4, 0.5) is 0 Å². The highest BCUT2D eigenvalue weighted by Gasteiger charge is 2.28. The largest absolute Gasteiger partial charge is 0.396 e. The number of halogens is 1. The van der Waals surface area contributed by atoms with Gasteiger partial charge in [0.2, 0.25) is 10.0 Å². The van der Waals surface area contributed by atoms with Crippen LogP contribution in [0.2, 0.25) is 5.02 Å². The van der Waals surface area contributed by atoms with E-state index in [2.05, 4.69) is 4.72 Å². The Bertz CT molecular complexity index is 574. The molecular weight excluding hydrogens is 298 g/mol. The van der Waals surface area contributed by atoms with Crippen molar-refractivity contribution < 1.29 is 13.5 Å². The standard InChI is InChI=1S/C14H20ClNO3S/c1-10-5-6-14(13(15)7-10)20(18,19)16-8-11-3-2-4-12(11)9-17/h5-7,11-12,16-17H,2-4,8-9H2,1H3. The number of hydrogen-bond donors (Lipinski definition) is 2. The molecule has 2 rings (SSSR count). The lowest BCUT2D eigenvalue weighted by Crippen LogP contribution is -2.31. The summed E-state index contributed by atoms with van der Waals surface area (Å²) in [6.45, 7) is 2.34. The predicted octanol–water partition coefficient (Wildman–Crippen LogP) is 2.34. The zero-order chi connectivity index (χ0) is 14.8. The van der Waals surface area contributed by atoms with Crippen molar-refractivity contribution in [3.05, 3.63) is 28.8 Å². The summed E-state index contributed by atoms with van der Waals surface area (Å²) in [5.41, 5.74) is 0.921. The van der Waals surface area contributed by atoms with Crippen LogP contribution in [-0.4, -0.2) is 26.7 Å². The number of aliphatic hydroxyl groups is 1. The van der Waals surface area contributed by atoms with Gasteiger partial charge < -0.3 is 5.11 Å². The molecule has 2 atom stereocenters. The highest BCUT2D eigenvalue weighted by Crippen LogP contribution is 2.31. The van der Waals surface area contributed by atoms with Gasteiger partial charge in [0, 0.05) is 13.2 Å². The van der Waals surface area contributed by atoms with Crippen LogP contribution < -0.4 is 4.72 Å². The maximum atomic E-state index is 12.3. The molecule has 1 aliphatic rings. The van der Waals surface area contributed by atoms with Gasteiger partial charge in [-0.1, -0.05) is 24.1 Å². The van der Waals surface area contributed by atoms with Crippen LogP contribution in [0.3, 0.4) is 0 Å². The van der Waals surface area contributed by atoms with E-state index in [1.54, 1.807) is 12.1 Å². The summed E-state index contributed by atoms with van der Waals surface area (Å²) < 4.78 is 27.1. The van der Waals surface area contributed by atoms with Crippen molar-refractivity contribution >= 4 is 21.6 Å². The van der Waals surface area contributed by atoms with Gasteiger partial charge in [-0.2, -0.15) is 0 Å². The van der Waals surface area contributed by atoms with Crippen LogP contribution >= 0.6 is 11.6 Å². The average Bonchev–Trinajstić information content (AvgIpc) is 2.83. The molecule has 0 amide bonds. The minimum atomic E-state index is -3.59. The molecule has 2 unspecified atom stereocenters. The highest BCUT2D eigenvalue weighted by molar-refractivity contribution is 7.89. The summed E-state index contributed by atoms with van der Waals surface area (Å²) in [5, 5.41) is 9.50. The fourth-order valence-corrected chi connectivity index (χ4v) is 4.43. The minimum Gasteiger partial charge on any atom is -0.396 e. The normalized spacial score (nSPS) is 23.1. The Kier molecular flexibility index (Phi) is 5.07. The predicted molar refractivity (Wildman–Crippen MR) is 79.3 cm³/mol. The van der Waals surface area contributed by atoms with Crippen LogP contribution in [0.1, 0.15) is 24.8 Å². The molecule has 1 aromatic carbocycles. The summed E-state index contributed by atoms with van der Waals surface area (Å²) in [4.78, 5) is 0.114. The minimum absolute atomic E-state index is 0.114. The van der Waals surface area contributed by atoms with E-state index in [9.17, 15) is 13.5 Å². The zero-order valence-corrected chi connectivity index (χ0v) is 13.0. The van der Waals surface area contributed by atoms with E-state index in [4.69, 9.17) is 11.6 Å². The number of hydrogen-bond acceptors (Lipinski definition) is 3. The first-order valence-electron chi connectivity index (χ1n) is 6.80. The third kappa shape index (κ3) is 3.52. The second-order valence-corrected chi connectivity index (χ2v) is 7.56. The Balaban J connectivity index is 2.07. The molecule has 1 aliphatic carbocycles. The molecule has 2 N–H and O–H groups in total. The number of sulfonamides is 1. The molecule has 6 heteroatoms. The van der Waals surface area contributed by atoms with Crippen LogP contribution in [0.5, 0.6) is 0 Å². The van der Waals surface area contributed by atoms with Gasteiger partial charge >= 0.3 is 0 Å². The molecule has 0 aromatic heterocycles. The van der Waals surface area contributed by atoms with Gasteiger partial charge in [-0.05, 0) is 49.3 Å². The van der Waals surface area contributed by atoms with E-state index < -0.39 is 10.0 Å². The first kappa shape index (κ1) is 15.8. The van der Waals surface area contributed by atoms with Gasteiger partial charge in [0.1, 0.15) is 4.90 Å². The molecule has 0 saturated heterocycles. The molecule has 0 aliphatic heterocycles. The van der Waals surface area contributed by atoms with Gasteiger partial charge in [0.05, 0.1) is 5.02 Å². The van der Waals surface area contributed by atoms with E-state index >= 15 is 0 Å². The van der Waals surface area contributed by atoms with Gasteiger partial charge in [0.15, 0.2) is 0 Å². The fraction of sp³-hybridized carbons (Fsp3) is 0.571. The van der Waals surface area contributed by atoms with E-state index in [0.717, 1.165) is 24.8 Å². The third-order valence-corrected chi connectivity index (χ3v) is 5.87. The van der Waals surface area contributed by atoms with Crippen molar-refractivity contribution in [1.82, 2.24) is 4.72 Å². The summed E-state index contributed by atoms with van der Waals surface area (Å²) in [6.07, 6.45) is 2.96. The maximum absolute atomic E-state index is 12.3. The molecule has 1 aromatic rings. The first-order chi connectivity index (χ1) is 9.44. The monoisotopic (exact) mass is 317 g/mol. The Morgan fingerprint density at radius 1 is 1.35 bits per heavy atom. The van der Waals surface area contributed by atoms with Crippen LogP contribution in [0.25, 0.3) is 0 Å². The smallest absolute Gasteiger partial charge is 0.242 e. The lowest BCUT2D eigenvalue weighted by Gasteiger charge is -2.18. The average molecular weight is 318 g/mol. The van der Waals surface area contributed by atoms with Crippen molar-refractivity contribution in [3.63, 3.8) is 0 Å². The SMILES string of the molecule is Cc1ccc(S(=O)(=O)NCC2CCCC2CO)c(Cl)c1. The second-order valence-electron chi connectivity index (χ2n) is 5.42. The van der Waals surface area contributed by atoms with Crippen molar-refractivity contribution in [2.75, 3.05) is 13.2 Å². The molecule has 0 spiro atoms. The van der Waals surface area contributed by atoms with Crippen molar-refractivity contribution in [1.29, 1.82) is 0 Å². The Morgan fingerprint density at radius 3 is 2.70 bits per heavy atom. The molecule has 0 heterocycles. The molecule has 20 heavy (non-hydrogen) atoms. The van der Waals surface area contributed by atoms with Crippen LogP contribution in [-0.2, 0) is 10.0 Å². The number of aryl methyl sites for hydroxylation is 1. The highest BCUT2D eigenvalue weighted by atomic mass is 35.5. The Morgan fingerprint density at radius 2 is 2.05 bits per heavy atom. The van der Waals surface area contributed by atoms with Gasteiger partial charge in [0.25, 0.3) is 0 Å². The third-order valence-electron chi connectivity index (χ3n) is 3.96. The zero-order valence-electron chi connectivity index (χ0n) is 11.5. The topological polar surface area (TPSA) is 66.4 Å². The molecule has 1 saturated carbocycles. The number of aliphatic hydroxyl groups excluding tert-OH is 1. The van der Waals surface area contributed by atoms with E-state index in [-0.39, 0.29) is 28.4 Å². The molecule has 0 radical (unpaired) electrons. The number of benzene rings is 1. The van der Waals surface area contributed by atoms with Crippen molar-refractivity contribution in [3.8, 4) is 0 Å². The molecular formula is C14H20ClNO3S. The van der Waals surface area contributed by atoms with E-state index in [0.29, 0.717) is 6.54 Å². The molecule has 0 bridgehead atoms. The van der Waals surface area contributed by atoms with Gasteiger partial charge in [-0.25, -0.2) is 13.1 Å². The number of rotatable bonds is 5. The Labute approximate surface area is 125 Å². The summed E-state index contributed by atoms with van der Waals surface area (Å²) in [5.74, 6) is 0.408. The lowest BCUT2D eigenvalue weighted by molar-refractivity contribution is 0.195. The van der Waals surface area contributed by atoms with Crippen LogP contribution in [0.15, 0.2) is 23.1 Å². The molecule has 4 nitrogen and oxygen atoms in total. The number of nitrogens with one attached hydrogen (secondary N) is 1. The molecule has 112 valence electrons. The van der Waals surface area contributed by atoms with Gasteiger partial charge in [-0.3, -0.25) is 0 Å². The fourth-order valence-electron chi connectivity index (χ4n) is 2.74. The van der Waals surface area contributed by atoms with E-state index in [1.165, 1.54) is 6.07 Å². The second kappa shape index (κ2) is 6.43. The molecule has 1 fully saturated rings. The summed E-state index contributed by atoms with van der Waals surface area (Å²) in [7, 11) is -3.59. The Hall–Kier alpha value is -0.620. The quantitative estimate of drug-likeness (QED) is 0.876. The maximum Gasteiger partial charge on any atom is 0.242 e. The summed E-state index contributed by atoms with van der Waals surface area (Å²) >= 11 is 6.01. The van der Waals surface area contributed by atoms with E-state index in [1.807, 2.05) is 6.92 Å². The first-order valence-corrected chi connectivity index (χ1v) is 8.67. The van der Waals surface area contributed by atoms with Crippen LogP contribution in [0, 0.1) is 18.8 Å². The lowest BCUT2D eigenvalue weighted by atomic mass is 9.97. The summed E-state index contributed by atoms with van der Waals surface area (Å²) in [6, 6.07) is 4.90.